The average molecular weight is 421 g/mol. The molecule has 2 heterocycles. The van der Waals surface area contributed by atoms with E-state index in [1.807, 2.05) is 42.2 Å². The number of nitrogens with zero attached hydrogens (tertiary/aromatic N) is 4. The zero-order valence-electron chi connectivity index (χ0n) is 17.3. The lowest BCUT2D eigenvalue weighted by molar-refractivity contribution is -0.133. The second kappa shape index (κ2) is 8.64. The summed E-state index contributed by atoms with van der Waals surface area (Å²) in [6, 6.07) is 9.86. The van der Waals surface area contributed by atoms with Gasteiger partial charge in [-0.3, -0.25) is 9.69 Å². The molecule has 0 aliphatic carbocycles. The molecule has 1 atom stereocenters. The van der Waals surface area contributed by atoms with Crippen molar-refractivity contribution >= 4 is 15.9 Å². The van der Waals surface area contributed by atoms with Gasteiger partial charge in [0.05, 0.1) is 12.6 Å². The van der Waals surface area contributed by atoms with Crippen LogP contribution in [0.15, 0.2) is 39.8 Å². The molecule has 1 aromatic carbocycles. The third-order valence-electron chi connectivity index (χ3n) is 5.51. The Morgan fingerprint density at radius 3 is 2.34 bits per heavy atom. The number of carbonyl (C=O) groups is 1. The van der Waals surface area contributed by atoms with Crippen molar-refractivity contribution in [1.29, 1.82) is 0 Å². The van der Waals surface area contributed by atoms with Crippen molar-refractivity contribution in [2.45, 2.75) is 31.7 Å². The third-order valence-corrected chi connectivity index (χ3v) is 7.66. The van der Waals surface area contributed by atoms with Crippen molar-refractivity contribution in [3.63, 3.8) is 0 Å². The molecule has 1 amide bonds. The molecule has 2 aromatic rings. The van der Waals surface area contributed by atoms with Crippen LogP contribution in [0.2, 0.25) is 0 Å². The van der Waals surface area contributed by atoms with Crippen molar-refractivity contribution < 1.29 is 17.7 Å². The lowest BCUT2D eigenvalue weighted by Crippen LogP contribution is -2.51. The summed E-state index contributed by atoms with van der Waals surface area (Å²) in [5.41, 5.74) is 1.45. The van der Waals surface area contributed by atoms with Gasteiger partial charge >= 0.3 is 0 Å². The second-order valence-electron chi connectivity index (χ2n) is 7.42. The predicted octanol–water partition coefficient (Wildman–Crippen LogP) is 1.82. The van der Waals surface area contributed by atoms with Gasteiger partial charge in [-0.15, -0.1) is 0 Å². The van der Waals surface area contributed by atoms with Crippen LogP contribution in [0.3, 0.4) is 0 Å². The number of aryl methyl sites for hydroxylation is 2. The lowest BCUT2D eigenvalue weighted by Gasteiger charge is -2.35. The van der Waals surface area contributed by atoms with Gasteiger partial charge in [0.15, 0.2) is 5.76 Å². The molecule has 3 rings (SSSR count). The number of rotatable bonds is 6. The van der Waals surface area contributed by atoms with E-state index in [1.165, 1.54) is 4.31 Å². The van der Waals surface area contributed by atoms with E-state index >= 15 is 0 Å². The number of carbonyl (C=O) groups excluding carboxylic acids is 1. The van der Waals surface area contributed by atoms with Gasteiger partial charge in [0.25, 0.3) is 0 Å². The Morgan fingerprint density at radius 1 is 1.17 bits per heavy atom. The van der Waals surface area contributed by atoms with Crippen LogP contribution in [0.25, 0.3) is 0 Å². The van der Waals surface area contributed by atoms with Crippen molar-refractivity contribution in [2.24, 2.45) is 0 Å². The van der Waals surface area contributed by atoms with E-state index in [1.54, 1.807) is 25.8 Å². The molecule has 1 unspecified atom stereocenters. The van der Waals surface area contributed by atoms with Crippen LogP contribution >= 0.6 is 0 Å². The van der Waals surface area contributed by atoms with Crippen LogP contribution in [-0.2, 0) is 14.8 Å². The molecule has 1 aromatic heterocycles. The number of likely N-dealkylation sites (N-methyl/N-ethyl adjacent to an activating group) is 1. The monoisotopic (exact) mass is 420 g/mol. The van der Waals surface area contributed by atoms with Gasteiger partial charge in [0, 0.05) is 33.2 Å². The fourth-order valence-corrected chi connectivity index (χ4v) is 5.29. The fourth-order valence-electron chi connectivity index (χ4n) is 3.57. The lowest BCUT2D eigenvalue weighted by atomic mass is 10.1. The van der Waals surface area contributed by atoms with Gasteiger partial charge in [0.1, 0.15) is 10.6 Å². The first-order valence-electron chi connectivity index (χ1n) is 9.67. The zero-order valence-corrected chi connectivity index (χ0v) is 18.1. The minimum absolute atomic E-state index is 0.0170. The van der Waals surface area contributed by atoms with Crippen LogP contribution in [0, 0.1) is 13.8 Å². The highest BCUT2D eigenvalue weighted by molar-refractivity contribution is 7.89. The number of hydrogen-bond acceptors (Lipinski definition) is 6. The molecule has 1 saturated heterocycles. The van der Waals surface area contributed by atoms with Gasteiger partial charge in [0.2, 0.25) is 15.9 Å². The van der Waals surface area contributed by atoms with Crippen LogP contribution in [0.4, 0.5) is 0 Å². The topological polar surface area (TPSA) is 87.0 Å². The van der Waals surface area contributed by atoms with E-state index < -0.39 is 10.0 Å². The molecular formula is C20H28N4O4S. The summed E-state index contributed by atoms with van der Waals surface area (Å²) in [5, 5.41) is 3.75. The maximum atomic E-state index is 12.9. The third kappa shape index (κ3) is 4.52. The highest BCUT2D eigenvalue weighted by Gasteiger charge is 2.33. The molecular weight excluding hydrogens is 392 g/mol. The Bertz CT molecular complexity index is 931. The number of benzene rings is 1. The molecule has 29 heavy (non-hydrogen) atoms. The normalized spacial score (nSPS) is 17.2. The van der Waals surface area contributed by atoms with Crippen LogP contribution < -0.4 is 0 Å². The highest BCUT2D eigenvalue weighted by Crippen LogP contribution is 2.24. The van der Waals surface area contributed by atoms with Gasteiger partial charge in [-0.2, -0.15) is 4.31 Å². The predicted molar refractivity (Wildman–Crippen MR) is 109 cm³/mol. The first kappa shape index (κ1) is 21.5. The molecule has 0 bridgehead atoms. The molecule has 0 saturated carbocycles. The zero-order chi connectivity index (χ0) is 21.2. The Kier molecular flexibility index (Phi) is 6.40. The Labute approximate surface area is 172 Å². The largest absolute Gasteiger partial charge is 0.360 e. The fraction of sp³-hybridized carbons (Fsp3) is 0.500. The van der Waals surface area contributed by atoms with Crippen molar-refractivity contribution in [1.82, 2.24) is 19.3 Å². The standard InChI is InChI=1S/C20H28N4O4S/c1-15-20(17(3)28-21-15)29(26,27)24-12-10-23(11-13-24)14-19(25)22(4)16(2)18-8-6-5-7-9-18/h5-9,16H,10-14H2,1-4H3. The minimum atomic E-state index is -3.64. The molecule has 0 N–H and O–H groups in total. The van der Waals surface area contributed by atoms with Gasteiger partial charge in [-0.05, 0) is 26.3 Å². The van der Waals surface area contributed by atoms with E-state index in [0.717, 1.165) is 5.56 Å². The molecule has 9 heteroatoms. The Morgan fingerprint density at radius 2 is 1.79 bits per heavy atom. The number of amides is 1. The number of sulfonamides is 1. The minimum Gasteiger partial charge on any atom is -0.360 e. The summed E-state index contributed by atoms with van der Waals surface area (Å²) >= 11 is 0. The Hall–Kier alpha value is -2.23. The second-order valence-corrected chi connectivity index (χ2v) is 9.30. The number of piperazine rings is 1. The van der Waals surface area contributed by atoms with Crippen molar-refractivity contribution in [3.05, 3.63) is 47.3 Å². The maximum Gasteiger partial charge on any atom is 0.248 e. The highest BCUT2D eigenvalue weighted by atomic mass is 32.2. The Balaban J connectivity index is 1.58. The molecule has 158 valence electrons. The summed E-state index contributed by atoms with van der Waals surface area (Å²) in [6.07, 6.45) is 0. The van der Waals surface area contributed by atoms with Crippen LogP contribution in [0.5, 0.6) is 0 Å². The van der Waals surface area contributed by atoms with E-state index in [-0.39, 0.29) is 23.4 Å². The van der Waals surface area contributed by atoms with Crippen molar-refractivity contribution in [2.75, 3.05) is 39.8 Å². The molecule has 1 aliphatic rings. The summed E-state index contributed by atoms with van der Waals surface area (Å²) in [6.45, 7) is 7.17. The quantitative estimate of drug-likeness (QED) is 0.708. The molecule has 0 radical (unpaired) electrons. The average Bonchev–Trinajstić information content (AvgIpc) is 3.06. The first-order chi connectivity index (χ1) is 13.7. The molecule has 1 aliphatic heterocycles. The first-order valence-corrected chi connectivity index (χ1v) is 11.1. The summed E-state index contributed by atoms with van der Waals surface area (Å²) in [4.78, 5) is 16.6. The SMILES string of the molecule is Cc1noc(C)c1S(=O)(=O)N1CCN(CC(=O)N(C)C(C)c2ccccc2)CC1. The summed E-state index contributed by atoms with van der Waals surface area (Å²) in [7, 11) is -1.84. The maximum absolute atomic E-state index is 12.9. The molecule has 8 nitrogen and oxygen atoms in total. The van der Waals surface area contributed by atoms with E-state index in [4.69, 9.17) is 4.52 Å². The van der Waals surface area contributed by atoms with Gasteiger partial charge in [-0.1, -0.05) is 35.5 Å². The summed E-state index contributed by atoms with van der Waals surface area (Å²) in [5.74, 6) is 0.319. The van der Waals surface area contributed by atoms with Gasteiger partial charge < -0.3 is 9.42 Å². The van der Waals surface area contributed by atoms with E-state index in [9.17, 15) is 13.2 Å². The smallest absolute Gasteiger partial charge is 0.248 e. The van der Waals surface area contributed by atoms with Crippen molar-refractivity contribution in [3.8, 4) is 0 Å². The molecule has 1 fully saturated rings. The van der Waals surface area contributed by atoms with Gasteiger partial charge in [-0.25, -0.2) is 8.42 Å². The molecule has 0 spiro atoms. The van der Waals surface area contributed by atoms with E-state index in [0.29, 0.717) is 37.6 Å². The van der Waals surface area contributed by atoms with Crippen LogP contribution in [-0.4, -0.2) is 73.4 Å². The van der Waals surface area contributed by atoms with E-state index in [2.05, 4.69) is 5.16 Å². The van der Waals surface area contributed by atoms with Crippen LogP contribution in [0.1, 0.15) is 30.0 Å². The number of hydrogen-bond donors (Lipinski definition) is 0. The number of aromatic nitrogens is 1. The summed E-state index contributed by atoms with van der Waals surface area (Å²) < 4.78 is 32.3.